The van der Waals surface area contributed by atoms with Gasteiger partial charge in [-0.1, -0.05) is 77.0 Å². The summed E-state index contributed by atoms with van der Waals surface area (Å²) in [7, 11) is 0. The molecule has 1 aromatic rings. The Morgan fingerprint density at radius 3 is 2.43 bits per heavy atom. The summed E-state index contributed by atoms with van der Waals surface area (Å²) in [5.74, 6) is -0.00365. The van der Waals surface area contributed by atoms with Crippen molar-refractivity contribution in [3.05, 3.63) is 35.4 Å². The second kappa shape index (κ2) is 10.4. The van der Waals surface area contributed by atoms with E-state index in [-0.39, 0.29) is 0 Å². The van der Waals surface area contributed by atoms with E-state index in [9.17, 15) is 9.90 Å². The van der Waals surface area contributed by atoms with E-state index < -0.39 is 5.97 Å². The maximum atomic E-state index is 11.2. The van der Waals surface area contributed by atoms with Crippen LogP contribution in [-0.2, 0) is 6.42 Å². The fourth-order valence-electron chi connectivity index (χ4n) is 2.94. The van der Waals surface area contributed by atoms with Crippen LogP contribution in [-0.4, -0.2) is 11.1 Å². The second-order valence-corrected chi connectivity index (χ2v) is 5.98. The molecular formula is C19H30O2. The largest absolute Gasteiger partial charge is 0.478 e. The van der Waals surface area contributed by atoms with Crippen LogP contribution in [0, 0.1) is 5.92 Å². The topological polar surface area (TPSA) is 37.3 Å². The van der Waals surface area contributed by atoms with E-state index in [2.05, 4.69) is 13.8 Å². The Morgan fingerprint density at radius 1 is 1.05 bits per heavy atom. The van der Waals surface area contributed by atoms with Gasteiger partial charge in [-0.2, -0.15) is 0 Å². The van der Waals surface area contributed by atoms with Crippen LogP contribution in [0.25, 0.3) is 0 Å². The predicted octanol–water partition coefficient (Wildman–Crippen LogP) is 5.70. The molecule has 0 heterocycles. The van der Waals surface area contributed by atoms with Crippen molar-refractivity contribution in [3.63, 3.8) is 0 Å². The van der Waals surface area contributed by atoms with Crippen molar-refractivity contribution in [2.24, 2.45) is 5.92 Å². The van der Waals surface area contributed by atoms with Gasteiger partial charge in [0.25, 0.3) is 0 Å². The van der Waals surface area contributed by atoms with Crippen molar-refractivity contribution < 1.29 is 9.90 Å². The highest BCUT2D eigenvalue weighted by Crippen LogP contribution is 2.21. The zero-order chi connectivity index (χ0) is 15.5. The van der Waals surface area contributed by atoms with E-state index in [1.54, 1.807) is 12.1 Å². The normalized spacial score (nSPS) is 12.3. The van der Waals surface area contributed by atoms with E-state index in [1.807, 2.05) is 12.1 Å². The van der Waals surface area contributed by atoms with Crippen LogP contribution in [0.5, 0.6) is 0 Å². The summed E-state index contributed by atoms with van der Waals surface area (Å²) < 4.78 is 0. The van der Waals surface area contributed by atoms with Crippen LogP contribution in [0.4, 0.5) is 0 Å². The average molecular weight is 290 g/mol. The van der Waals surface area contributed by atoms with E-state index >= 15 is 0 Å². The van der Waals surface area contributed by atoms with E-state index in [0.29, 0.717) is 5.56 Å². The molecule has 0 radical (unpaired) electrons. The number of hydrogen-bond donors (Lipinski definition) is 1. The van der Waals surface area contributed by atoms with Gasteiger partial charge >= 0.3 is 5.97 Å². The molecule has 1 N–H and O–H groups in total. The Morgan fingerprint density at radius 2 is 1.76 bits per heavy atom. The maximum absolute atomic E-state index is 11.2. The molecule has 0 amide bonds. The fourth-order valence-corrected chi connectivity index (χ4v) is 2.94. The first kappa shape index (κ1) is 17.7. The first-order chi connectivity index (χ1) is 10.2. The van der Waals surface area contributed by atoms with Gasteiger partial charge < -0.3 is 5.11 Å². The summed E-state index contributed by atoms with van der Waals surface area (Å²) in [6.07, 6.45) is 11.1. The van der Waals surface area contributed by atoms with Crippen molar-refractivity contribution in [2.75, 3.05) is 0 Å². The van der Waals surface area contributed by atoms with Crippen LogP contribution in [0.3, 0.4) is 0 Å². The van der Waals surface area contributed by atoms with Gasteiger partial charge in [0.2, 0.25) is 0 Å². The molecule has 0 saturated carbocycles. The third-order valence-electron chi connectivity index (χ3n) is 4.35. The first-order valence-corrected chi connectivity index (χ1v) is 8.50. The average Bonchev–Trinajstić information content (AvgIpc) is 2.50. The van der Waals surface area contributed by atoms with Crippen LogP contribution in [0.1, 0.15) is 81.1 Å². The zero-order valence-corrected chi connectivity index (χ0v) is 13.6. The molecule has 21 heavy (non-hydrogen) atoms. The number of carbonyl (C=O) groups is 1. The summed E-state index contributed by atoms with van der Waals surface area (Å²) >= 11 is 0. The number of unbranched alkanes of at least 4 members (excludes halogenated alkanes) is 3. The lowest BCUT2D eigenvalue weighted by molar-refractivity contribution is 0.0695. The fraction of sp³-hybridized carbons (Fsp3) is 0.632. The molecule has 1 unspecified atom stereocenters. The van der Waals surface area contributed by atoms with Gasteiger partial charge in [0.15, 0.2) is 0 Å². The van der Waals surface area contributed by atoms with Gasteiger partial charge in [0.05, 0.1) is 5.56 Å². The summed E-state index contributed by atoms with van der Waals surface area (Å²) in [4.78, 5) is 11.2. The Kier molecular flexibility index (Phi) is 8.80. The molecule has 0 aliphatic carbocycles. The predicted molar refractivity (Wildman–Crippen MR) is 88.9 cm³/mol. The number of aryl methyl sites for hydroxylation is 1. The summed E-state index contributed by atoms with van der Waals surface area (Å²) in [6, 6.07) is 7.39. The zero-order valence-electron chi connectivity index (χ0n) is 13.6. The van der Waals surface area contributed by atoms with Crippen molar-refractivity contribution in [2.45, 2.75) is 71.6 Å². The molecule has 0 aliphatic heterocycles. The molecule has 2 nitrogen and oxygen atoms in total. The lowest BCUT2D eigenvalue weighted by Crippen LogP contribution is -2.04. The van der Waals surface area contributed by atoms with E-state index in [0.717, 1.165) is 24.3 Å². The lowest BCUT2D eigenvalue weighted by atomic mass is 9.91. The smallest absolute Gasteiger partial charge is 0.335 e. The van der Waals surface area contributed by atoms with Gasteiger partial charge in [-0.05, 0) is 30.4 Å². The van der Waals surface area contributed by atoms with Gasteiger partial charge in [-0.15, -0.1) is 0 Å². The highest BCUT2D eigenvalue weighted by Gasteiger charge is 2.10. The number of carboxylic acid groups (broad SMARTS) is 1. The van der Waals surface area contributed by atoms with Gasteiger partial charge in [0, 0.05) is 0 Å². The van der Waals surface area contributed by atoms with E-state index in [1.165, 1.54) is 44.9 Å². The molecule has 0 saturated heterocycles. The molecule has 1 atom stereocenters. The minimum Gasteiger partial charge on any atom is -0.478 e. The molecule has 0 spiro atoms. The van der Waals surface area contributed by atoms with Crippen molar-refractivity contribution in [3.8, 4) is 0 Å². The highest BCUT2D eigenvalue weighted by molar-refractivity contribution is 5.89. The van der Waals surface area contributed by atoms with Gasteiger partial charge in [0.1, 0.15) is 0 Å². The number of aromatic carboxylic acids is 1. The molecule has 118 valence electrons. The molecule has 0 bridgehead atoms. The number of hydrogen-bond acceptors (Lipinski definition) is 1. The summed E-state index contributed by atoms with van der Waals surface area (Å²) in [5.41, 5.74) is 1.44. The molecule has 0 fully saturated rings. The Balaban J connectivity index is 2.36. The quantitative estimate of drug-likeness (QED) is 0.530. The standard InChI is InChI=1S/C19H30O2/c1-3-5-6-7-11-16(4-2)12-10-14-17-13-8-9-15-18(17)19(20)21/h8-9,13,15-16H,3-7,10-12,14H2,1-2H3,(H,20,21). The second-order valence-electron chi connectivity index (χ2n) is 5.98. The molecule has 0 aliphatic rings. The van der Waals surface area contributed by atoms with Gasteiger partial charge in [-0.25, -0.2) is 4.79 Å². The number of rotatable bonds is 11. The Bertz CT molecular complexity index is 412. The summed E-state index contributed by atoms with van der Waals surface area (Å²) in [6.45, 7) is 4.52. The van der Waals surface area contributed by atoms with Crippen LogP contribution in [0.2, 0.25) is 0 Å². The molecule has 1 aromatic carbocycles. The Hall–Kier alpha value is -1.31. The van der Waals surface area contributed by atoms with Crippen LogP contribution >= 0.6 is 0 Å². The maximum Gasteiger partial charge on any atom is 0.335 e. The molecular weight excluding hydrogens is 260 g/mol. The minimum absolute atomic E-state index is 0.466. The SMILES string of the molecule is CCCCCCC(CC)CCCc1ccccc1C(=O)O. The third-order valence-corrected chi connectivity index (χ3v) is 4.35. The van der Waals surface area contributed by atoms with Crippen LogP contribution < -0.4 is 0 Å². The molecule has 2 heteroatoms. The monoisotopic (exact) mass is 290 g/mol. The minimum atomic E-state index is -0.808. The Labute approximate surface area is 129 Å². The lowest BCUT2D eigenvalue weighted by Gasteiger charge is -2.15. The highest BCUT2D eigenvalue weighted by atomic mass is 16.4. The van der Waals surface area contributed by atoms with Crippen molar-refractivity contribution in [1.82, 2.24) is 0 Å². The van der Waals surface area contributed by atoms with Crippen LogP contribution in [0.15, 0.2) is 24.3 Å². The van der Waals surface area contributed by atoms with Crippen molar-refractivity contribution >= 4 is 5.97 Å². The molecule has 1 rings (SSSR count). The van der Waals surface area contributed by atoms with E-state index in [4.69, 9.17) is 0 Å². The molecule has 0 aromatic heterocycles. The summed E-state index contributed by atoms with van der Waals surface area (Å²) in [5, 5.41) is 9.19. The number of carboxylic acids is 1. The van der Waals surface area contributed by atoms with Crippen molar-refractivity contribution in [1.29, 1.82) is 0 Å². The first-order valence-electron chi connectivity index (χ1n) is 8.50. The van der Waals surface area contributed by atoms with Gasteiger partial charge in [-0.3, -0.25) is 0 Å². The third kappa shape index (κ3) is 6.79. The number of benzene rings is 1.